The summed E-state index contributed by atoms with van der Waals surface area (Å²) >= 11 is 9.12. The van der Waals surface area contributed by atoms with Gasteiger partial charge in [0.25, 0.3) is 0 Å². The van der Waals surface area contributed by atoms with Crippen LogP contribution in [-0.2, 0) is 0 Å². The second kappa shape index (κ2) is 3.84. The first-order valence-corrected chi connectivity index (χ1v) is 5.50. The van der Waals surface area contributed by atoms with Gasteiger partial charge in [0, 0.05) is 6.04 Å². The van der Waals surface area contributed by atoms with E-state index in [9.17, 15) is 0 Å². The highest BCUT2D eigenvalue weighted by Gasteiger charge is 2.16. The second-order valence-electron chi connectivity index (χ2n) is 3.27. The third-order valence-corrected chi connectivity index (χ3v) is 3.41. The van der Waals surface area contributed by atoms with Crippen LogP contribution in [0.5, 0.6) is 0 Å². The molecule has 1 aromatic rings. The lowest BCUT2D eigenvalue weighted by molar-refractivity contribution is 0.445. The smallest absolute Gasteiger partial charge is 0.143 e. The molecule has 0 spiro atoms. The highest BCUT2D eigenvalue weighted by molar-refractivity contribution is 9.10. The molecule has 0 aliphatic heterocycles. The van der Waals surface area contributed by atoms with Gasteiger partial charge in [-0.2, -0.15) is 0 Å². The maximum Gasteiger partial charge on any atom is 0.143 e. The zero-order valence-corrected chi connectivity index (χ0v) is 9.40. The molecular weight excluding hydrogens is 251 g/mol. The molecule has 2 nitrogen and oxygen atoms in total. The van der Waals surface area contributed by atoms with E-state index in [-0.39, 0.29) is 0 Å². The summed E-state index contributed by atoms with van der Waals surface area (Å²) in [4.78, 5) is 4.05. The highest BCUT2D eigenvalue weighted by Crippen LogP contribution is 2.26. The first kappa shape index (κ1) is 9.28. The predicted octanol–water partition coefficient (Wildman–Crippen LogP) is 3.46. The predicted molar refractivity (Wildman–Crippen MR) is 58.2 cm³/mol. The van der Waals surface area contributed by atoms with Crippen LogP contribution in [0, 0.1) is 0 Å². The van der Waals surface area contributed by atoms with Gasteiger partial charge in [0.2, 0.25) is 0 Å². The van der Waals surface area contributed by atoms with Gasteiger partial charge >= 0.3 is 0 Å². The van der Waals surface area contributed by atoms with Crippen molar-refractivity contribution in [1.82, 2.24) is 4.98 Å². The van der Waals surface area contributed by atoms with Gasteiger partial charge in [0.15, 0.2) is 0 Å². The van der Waals surface area contributed by atoms with E-state index in [1.54, 1.807) is 6.20 Å². The van der Waals surface area contributed by atoms with Gasteiger partial charge in [-0.05, 0) is 41.3 Å². The SMILES string of the molecule is Clc1ncc(NC2CCC2)cc1Br. The Morgan fingerprint density at radius 3 is 2.85 bits per heavy atom. The average Bonchev–Trinajstić information content (AvgIpc) is 2.04. The van der Waals surface area contributed by atoms with Crippen molar-refractivity contribution in [2.45, 2.75) is 25.3 Å². The molecule has 13 heavy (non-hydrogen) atoms. The molecule has 1 aliphatic rings. The van der Waals surface area contributed by atoms with E-state index in [1.807, 2.05) is 6.07 Å². The van der Waals surface area contributed by atoms with Crippen LogP contribution >= 0.6 is 27.5 Å². The third-order valence-electron chi connectivity index (χ3n) is 2.27. The maximum absolute atomic E-state index is 5.78. The molecule has 70 valence electrons. The third kappa shape index (κ3) is 2.15. The number of nitrogens with one attached hydrogen (secondary N) is 1. The fraction of sp³-hybridized carbons (Fsp3) is 0.444. The molecular formula is C9H10BrClN2. The molecule has 0 radical (unpaired) electrons. The van der Waals surface area contributed by atoms with E-state index < -0.39 is 0 Å². The molecule has 0 atom stereocenters. The van der Waals surface area contributed by atoms with E-state index in [0.29, 0.717) is 11.2 Å². The van der Waals surface area contributed by atoms with Crippen molar-refractivity contribution in [3.63, 3.8) is 0 Å². The molecule has 1 heterocycles. The summed E-state index contributed by atoms with van der Waals surface area (Å²) < 4.78 is 0.846. The molecule has 0 aromatic carbocycles. The maximum atomic E-state index is 5.78. The summed E-state index contributed by atoms with van der Waals surface area (Å²) in [6.45, 7) is 0. The van der Waals surface area contributed by atoms with Crippen LogP contribution in [0.15, 0.2) is 16.7 Å². The van der Waals surface area contributed by atoms with Crippen molar-refractivity contribution >= 4 is 33.2 Å². The normalized spacial score (nSPS) is 16.8. The van der Waals surface area contributed by atoms with Crippen LogP contribution in [0.3, 0.4) is 0 Å². The Morgan fingerprint density at radius 1 is 1.54 bits per heavy atom. The van der Waals surface area contributed by atoms with Crippen molar-refractivity contribution in [1.29, 1.82) is 0 Å². The first-order chi connectivity index (χ1) is 6.25. The Balaban J connectivity index is 2.07. The minimum absolute atomic E-state index is 0.513. The Morgan fingerprint density at radius 2 is 2.31 bits per heavy atom. The average molecular weight is 262 g/mol. The van der Waals surface area contributed by atoms with Crippen LogP contribution in [0.25, 0.3) is 0 Å². The van der Waals surface area contributed by atoms with Gasteiger partial charge < -0.3 is 5.32 Å². The van der Waals surface area contributed by atoms with Gasteiger partial charge in [-0.25, -0.2) is 4.98 Å². The van der Waals surface area contributed by atoms with Crippen molar-refractivity contribution in [3.8, 4) is 0 Å². The number of hydrogen-bond donors (Lipinski definition) is 1. The number of rotatable bonds is 2. The van der Waals surface area contributed by atoms with Gasteiger partial charge in [0.1, 0.15) is 5.15 Å². The minimum Gasteiger partial charge on any atom is -0.381 e. The van der Waals surface area contributed by atoms with Crippen molar-refractivity contribution < 1.29 is 0 Å². The molecule has 2 rings (SSSR count). The summed E-state index contributed by atoms with van der Waals surface area (Å²) in [6.07, 6.45) is 5.63. The van der Waals surface area contributed by atoms with Crippen LogP contribution in [0.4, 0.5) is 5.69 Å². The molecule has 4 heteroatoms. The lowest BCUT2D eigenvalue weighted by Crippen LogP contribution is -2.26. The molecule has 0 saturated heterocycles. The molecule has 0 amide bonds. The van der Waals surface area contributed by atoms with Crippen molar-refractivity contribution in [2.24, 2.45) is 0 Å². The molecule has 1 aromatic heterocycles. The first-order valence-electron chi connectivity index (χ1n) is 4.33. The lowest BCUT2D eigenvalue weighted by Gasteiger charge is -2.27. The van der Waals surface area contributed by atoms with Crippen LogP contribution in [0.1, 0.15) is 19.3 Å². The summed E-state index contributed by atoms with van der Waals surface area (Å²) in [5.74, 6) is 0. The van der Waals surface area contributed by atoms with Crippen LogP contribution < -0.4 is 5.32 Å². The molecule has 1 N–H and O–H groups in total. The summed E-state index contributed by atoms with van der Waals surface area (Å²) in [5.41, 5.74) is 1.04. The van der Waals surface area contributed by atoms with Gasteiger partial charge in [-0.3, -0.25) is 0 Å². The molecule has 1 fully saturated rings. The van der Waals surface area contributed by atoms with Crippen molar-refractivity contribution in [2.75, 3.05) is 5.32 Å². The topological polar surface area (TPSA) is 24.9 Å². The highest BCUT2D eigenvalue weighted by atomic mass is 79.9. The summed E-state index contributed by atoms with van der Waals surface area (Å²) in [5, 5.41) is 3.91. The van der Waals surface area contributed by atoms with Gasteiger partial charge in [-0.1, -0.05) is 11.6 Å². The number of halogens is 2. The number of aromatic nitrogens is 1. The van der Waals surface area contributed by atoms with Gasteiger partial charge in [0.05, 0.1) is 16.4 Å². The summed E-state index contributed by atoms with van der Waals surface area (Å²) in [7, 11) is 0. The molecule has 0 unspecified atom stereocenters. The minimum atomic E-state index is 0.513. The van der Waals surface area contributed by atoms with Crippen LogP contribution in [0.2, 0.25) is 5.15 Å². The Kier molecular flexibility index (Phi) is 2.74. The molecule has 1 saturated carbocycles. The van der Waals surface area contributed by atoms with E-state index in [2.05, 4.69) is 26.2 Å². The summed E-state index contributed by atoms with van der Waals surface area (Å²) in [6, 6.07) is 2.60. The monoisotopic (exact) mass is 260 g/mol. The van der Waals surface area contributed by atoms with E-state index in [1.165, 1.54) is 19.3 Å². The largest absolute Gasteiger partial charge is 0.381 e. The lowest BCUT2D eigenvalue weighted by atomic mass is 9.93. The number of hydrogen-bond acceptors (Lipinski definition) is 2. The fourth-order valence-corrected chi connectivity index (χ4v) is 1.74. The van der Waals surface area contributed by atoms with Gasteiger partial charge in [-0.15, -0.1) is 0 Å². The Labute approximate surface area is 90.8 Å². The van der Waals surface area contributed by atoms with E-state index in [4.69, 9.17) is 11.6 Å². The standard InChI is InChI=1S/C9H10BrClN2/c10-8-4-7(5-12-9(8)11)13-6-2-1-3-6/h4-6,13H,1-3H2. The van der Waals surface area contributed by atoms with E-state index >= 15 is 0 Å². The Bertz CT molecular complexity index is 312. The van der Waals surface area contributed by atoms with Crippen LogP contribution in [-0.4, -0.2) is 11.0 Å². The van der Waals surface area contributed by atoms with E-state index in [0.717, 1.165) is 10.2 Å². The number of pyridine rings is 1. The quantitative estimate of drug-likeness (QED) is 0.825. The molecule has 0 bridgehead atoms. The fourth-order valence-electron chi connectivity index (χ4n) is 1.29. The number of anilines is 1. The molecule has 1 aliphatic carbocycles. The Hall–Kier alpha value is -0.280. The second-order valence-corrected chi connectivity index (χ2v) is 4.48. The zero-order valence-electron chi connectivity index (χ0n) is 7.06. The number of nitrogens with zero attached hydrogens (tertiary/aromatic N) is 1. The zero-order chi connectivity index (χ0) is 9.26. The van der Waals surface area contributed by atoms with Crippen molar-refractivity contribution in [3.05, 3.63) is 21.9 Å².